The van der Waals surface area contributed by atoms with Crippen molar-refractivity contribution in [2.24, 2.45) is 0 Å². The summed E-state index contributed by atoms with van der Waals surface area (Å²) in [6.45, 7) is 8.10. The van der Waals surface area contributed by atoms with E-state index in [0.717, 1.165) is 33.6 Å². The molecule has 4 heteroatoms. The van der Waals surface area contributed by atoms with E-state index in [2.05, 4.69) is 29.3 Å². The Labute approximate surface area is 160 Å². The van der Waals surface area contributed by atoms with Crippen LogP contribution in [0.3, 0.4) is 0 Å². The molecule has 0 amide bonds. The van der Waals surface area contributed by atoms with E-state index in [0.29, 0.717) is 0 Å². The SMILES string of the molecule is CC.Cc1ccc(OC(C)c2ccccc2)c(-n2nc3ccccc3n2)c1. The lowest BCUT2D eigenvalue weighted by molar-refractivity contribution is 0.225. The van der Waals surface area contributed by atoms with Crippen molar-refractivity contribution < 1.29 is 4.74 Å². The highest BCUT2D eigenvalue weighted by Gasteiger charge is 2.14. The Hall–Kier alpha value is -3.14. The van der Waals surface area contributed by atoms with Gasteiger partial charge in [-0.05, 0) is 49.2 Å². The van der Waals surface area contributed by atoms with E-state index in [1.54, 1.807) is 4.80 Å². The highest BCUT2D eigenvalue weighted by Crippen LogP contribution is 2.29. The Morgan fingerprint density at radius 1 is 0.815 bits per heavy atom. The largest absolute Gasteiger partial charge is 0.484 e. The Morgan fingerprint density at radius 2 is 1.41 bits per heavy atom. The average molecular weight is 359 g/mol. The molecule has 1 atom stereocenters. The minimum atomic E-state index is -0.0624. The number of ether oxygens (including phenoxy) is 1. The summed E-state index contributed by atoms with van der Waals surface area (Å²) in [6, 6.07) is 24.1. The molecule has 0 aliphatic heterocycles. The van der Waals surface area contributed by atoms with Crippen LogP contribution in [0.25, 0.3) is 16.7 Å². The summed E-state index contributed by atoms with van der Waals surface area (Å²) in [5.74, 6) is 0.766. The molecule has 0 N–H and O–H groups in total. The average Bonchev–Trinajstić information content (AvgIpc) is 3.15. The molecule has 4 nitrogen and oxygen atoms in total. The van der Waals surface area contributed by atoms with E-state index in [4.69, 9.17) is 4.74 Å². The minimum absolute atomic E-state index is 0.0624. The summed E-state index contributed by atoms with van der Waals surface area (Å²) in [7, 11) is 0. The third-order valence-corrected chi connectivity index (χ3v) is 4.19. The number of benzene rings is 3. The number of hydrogen-bond acceptors (Lipinski definition) is 3. The van der Waals surface area contributed by atoms with Crippen molar-refractivity contribution in [1.29, 1.82) is 0 Å². The maximum absolute atomic E-state index is 6.24. The van der Waals surface area contributed by atoms with E-state index in [-0.39, 0.29) is 6.10 Å². The molecular formula is C23H25N3O. The van der Waals surface area contributed by atoms with Crippen molar-refractivity contribution in [3.63, 3.8) is 0 Å². The van der Waals surface area contributed by atoms with Crippen molar-refractivity contribution in [1.82, 2.24) is 15.0 Å². The number of aryl methyl sites for hydroxylation is 1. The smallest absolute Gasteiger partial charge is 0.147 e. The van der Waals surface area contributed by atoms with Gasteiger partial charge in [0.05, 0.1) is 0 Å². The van der Waals surface area contributed by atoms with Crippen molar-refractivity contribution >= 4 is 11.0 Å². The molecule has 0 radical (unpaired) electrons. The van der Waals surface area contributed by atoms with E-state index in [9.17, 15) is 0 Å². The lowest BCUT2D eigenvalue weighted by Crippen LogP contribution is -2.07. The van der Waals surface area contributed by atoms with Gasteiger partial charge in [0.15, 0.2) is 0 Å². The van der Waals surface area contributed by atoms with Gasteiger partial charge in [-0.1, -0.05) is 62.4 Å². The van der Waals surface area contributed by atoms with Crippen LogP contribution in [-0.2, 0) is 0 Å². The number of rotatable bonds is 4. The van der Waals surface area contributed by atoms with Gasteiger partial charge in [-0.15, -0.1) is 15.0 Å². The Bertz CT molecular complexity index is 976. The van der Waals surface area contributed by atoms with Crippen LogP contribution in [0.5, 0.6) is 5.75 Å². The van der Waals surface area contributed by atoms with Gasteiger partial charge in [-0.3, -0.25) is 0 Å². The molecular weight excluding hydrogens is 334 g/mol. The van der Waals surface area contributed by atoms with E-state index in [1.165, 1.54) is 0 Å². The molecule has 0 aliphatic carbocycles. The molecule has 4 rings (SSSR count). The molecule has 4 aromatic rings. The van der Waals surface area contributed by atoms with Crippen LogP contribution in [0, 0.1) is 6.92 Å². The molecule has 0 saturated heterocycles. The van der Waals surface area contributed by atoms with Gasteiger partial charge in [-0.2, -0.15) is 0 Å². The molecule has 0 spiro atoms. The summed E-state index contributed by atoms with van der Waals surface area (Å²) >= 11 is 0. The molecule has 0 saturated carbocycles. The summed E-state index contributed by atoms with van der Waals surface area (Å²) in [5, 5.41) is 9.18. The monoisotopic (exact) mass is 359 g/mol. The third-order valence-electron chi connectivity index (χ3n) is 4.19. The molecule has 1 heterocycles. The number of fused-ring (bicyclic) bond motifs is 1. The van der Waals surface area contributed by atoms with Crippen molar-refractivity contribution in [2.75, 3.05) is 0 Å². The van der Waals surface area contributed by atoms with Gasteiger partial charge in [0.1, 0.15) is 28.6 Å². The first-order valence-corrected chi connectivity index (χ1v) is 9.35. The van der Waals surface area contributed by atoms with Crippen LogP contribution in [0.1, 0.15) is 38.0 Å². The van der Waals surface area contributed by atoms with Gasteiger partial charge in [-0.25, -0.2) is 0 Å². The molecule has 1 aromatic heterocycles. The highest BCUT2D eigenvalue weighted by molar-refractivity contribution is 5.73. The van der Waals surface area contributed by atoms with Gasteiger partial charge < -0.3 is 4.74 Å². The zero-order valence-corrected chi connectivity index (χ0v) is 16.3. The predicted molar refractivity (Wildman–Crippen MR) is 110 cm³/mol. The second-order valence-electron chi connectivity index (χ2n) is 6.12. The van der Waals surface area contributed by atoms with Gasteiger partial charge in [0, 0.05) is 0 Å². The lowest BCUT2D eigenvalue weighted by atomic mass is 10.1. The molecule has 138 valence electrons. The van der Waals surface area contributed by atoms with E-state index < -0.39 is 0 Å². The first-order chi connectivity index (χ1) is 13.2. The van der Waals surface area contributed by atoms with E-state index >= 15 is 0 Å². The summed E-state index contributed by atoms with van der Waals surface area (Å²) in [5.41, 5.74) is 4.85. The maximum atomic E-state index is 6.24. The van der Waals surface area contributed by atoms with E-state index in [1.807, 2.05) is 81.4 Å². The Balaban J connectivity index is 0.00000102. The van der Waals surface area contributed by atoms with Gasteiger partial charge in [0.25, 0.3) is 0 Å². The summed E-state index contributed by atoms with van der Waals surface area (Å²) in [4.78, 5) is 1.66. The summed E-state index contributed by atoms with van der Waals surface area (Å²) < 4.78 is 6.24. The standard InChI is InChI=1S/C21H19N3O.C2H6/c1-15-12-13-21(25-16(2)17-8-4-3-5-9-17)20(14-15)24-22-18-10-6-7-11-19(18)23-24;1-2/h3-14,16H,1-2H3;1-2H3. The topological polar surface area (TPSA) is 39.9 Å². The van der Waals surface area contributed by atoms with Crippen LogP contribution >= 0.6 is 0 Å². The molecule has 1 unspecified atom stereocenters. The van der Waals surface area contributed by atoms with Crippen LogP contribution in [0.15, 0.2) is 72.8 Å². The highest BCUT2D eigenvalue weighted by atomic mass is 16.5. The normalized spacial score (nSPS) is 11.6. The zero-order valence-electron chi connectivity index (χ0n) is 16.3. The third kappa shape index (κ3) is 4.17. The minimum Gasteiger partial charge on any atom is -0.484 e. The fourth-order valence-corrected chi connectivity index (χ4v) is 2.83. The number of aromatic nitrogens is 3. The van der Waals surface area contributed by atoms with Crippen LogP contribution in [-0.4, -0.2) is 15.0 Å². The molecule has 3 aromatic carbocycles. The second kappa shape index (κ2) is 8.49. The molecule has 0 fully saturated rings. The van der Waals surface area contributed by atoms with Crippen molar-refractivity contribution in [2.45, 2.75) is 33.8 Å². The predicted octanol–water partition coefficient (Wildman–Crippen LogP) is 5.90. The number of nitrogens with zero attached hydrogens (tertiary/aromatic N) is 3. The Kier molecular flexibility index (Phi) is 5.87. The fraction of sp³-hybridized carbons (Fsp3) is 0.217. The van der Waals surface area contributed by atoms with Gasteiger partial charge in [0.2, 0.25) is 0 Å². The van der Waals surface area contributed by atoms with Crippen LogP contribution in [0.2, 0.25) is 0 Å². The Morgan fingerprint density at radius 3 is 2.04 bits per heavy atom. The number of hydrogen-bond donors (Lipinski definition) is 0. The first kappa shape index (κ1) is 18.6. The zero-order chi connectivity index (χ0) is 19.2. The molecule has 0 bridgehead atoms. The molecule has 27 heavy (non-hydrogen) atoms. The van der Waals surface area contributed by atoms with Gasteiger partial charge >= 0.3 is 0 Å². The quantitative estimate of drug-likeness (QED) is 0.456. The summed E-state index contributed by atoms with van der Waals surface area (Å²) in [6.07, 6.45) is -0.0624. The second-order valence-corrected chi connectivity index (χ2v) is 6.12. The first-order valence-electron chi connectivity index (χ1n) is 9.35. The maximum Gasteiger partial charge on any atom is 0.147 e. The lowest BCUT2D eigenvalue weighted by Gasteiger charge is -2.17. The van der Waals surface area contributed by atoms with Crippen molar-refractivity contribution in [3.8, 4) is 11.4 Å². The van der Waals surface area contributed by atoms with Crippen LogP contribution in [0.4, 0.5) is 0 Å². The molecule has 0 aliphatic rings. The van der Waals surface area contributed by atoms with Crippen LogP contribution < -0.4 is 4.74 Å². The van der Waals surface area contributed by atoms with Crippen molar-refractivity contribution in [3.05, 3.63) is 83.9 Å². The fourth-order valence-electron chi connectivity index (χ4n) is 2.83.